The number of carbonyl (C=O) groups excluding carboxylic acids is 6. The highest BCUT2D eigenvalue weighted by atomic mass is 16.2. The van der Waals surface area contributed by atoms with Gasteiger partial charge in [0.05, 0.1) is 6.04 Å². The number of amides is 6. The third-order valence-electron chi connectivity index (χ3n) is 10.2. The molecule has 1 unspecified atom stereocenters. The van der Waals surface area contributed by atoms with E-state index in [-0.39, 0.29) is 30.1 Å². The Balaban J connectivity index is 1.56. The number of carbonyl (C=O) groups is 6. The summed E-state index contributed by atoms with van der Waals surface area (Å²) >= 11 is 0. The van der Waals surface area contributed by atoms with E-state index in [4.69, 9.17) is 11.6 Å². The van der Waals surface area contributed by atoms with Gasteiger partial charge in [0, 0.05) is 26.1 Å². The normalized spacial score (nSPS) is 23.5. The molecule has 3 aliphatic rings. The number of nitrogens with one attached hydrogen (secondary N) is 3. The first kappa shape index (κ1) is 37.8. The van der Waals surface area contributed by atoms with Crippen molar-refractivity contribution in [3.05, 3.63) is 35.9 Å². The largest absolute Gasteiger partial charge is 0.343 e. The van der Waals surface area contributed by atoms with Gasteiger partial charge in [0.25, 0.3) is 5.91 Å². The molecule has 0 saturated carbocycles. The minimum absolute atomic E-state index is 0.188. The third-order valence-corrected chi connectivity index (χ3v) is 10.2. The number of piperidine rings is 2. The minimum atomic E-state index is -0.974. The van der Waals surface area contributed by atoms with Crippen LogP contribution in [0.15, 0.2) is 30.3 Å². The summed E-state index contributed by atoms with van der Waals surface area (Å²) in [5.41, 5.74) is 8.78. The summed E-state index contributed by atoms with van der Waals surface area (Å²) in [6.07, 6.45) is 5.67. The van der Waals surface area contributed by atoms with Crippen LogP contribution in [0, 0.1) is 5.92 Å². The molecule has 0 radical (unpaired) electrons. The van der Waals surface area contributed by atoms with Crippen molar-refractivity contribution in [3.8, 4) is 0 Å². The number of nitrogens with two attached hydrogens (primary N) is 2. The van der Waals surface area contributed by atoms with Crippen molar-refractivity contribution in [2.45, 2.75) is 121 Å². The van der Waals surface area contributed by atoms with Gasteiger partial charge in [-0.2, -0.15) is 0 Å². The number of hydrazine groups is 1. The van der Waals surface area contributed by atoms with Crippen LogP contribution in [0.4, 0.5) is 0 Å². The Hall–Kier alpha value is -4.04. The molecule has 3 aliphatic heterocycles. The topological polar surface area (TPSA) is 200 Å². The fourth-order valence-corrected chi connectivity index (χ4v) is 7.18. The number of rotatable bonds is 12. The molecule has 1 aromatic carbocycles. The number of likely N-dealkylation sites (tertiary alicyclic amines) is 3. The molecule has 0 aromatic heterocycles. The molecule has 1 aromatic rings. The van der Waals surface area contributed by atoms with Gasteiger partial charge in [-0.25, -0.2) is 5.84 Å². The van der Waals surface area contributed by atoms with Gasteiger partial charge in [-0.3, -0.25) is 34.2 Å². The number of benzene rings is 1. The lowest BCUT2D eigenvalue weighted by molar-refractivity contribution is -0.154. The van der Waals surface area contributed by atoms with Crippen LogP contribution in [0.5, 0.6) is 0 Å². The standard InChI is InChI=1S/C35H54N8O6/c1-4-22(2)29(39-30(44)23(3)36)35(49)43-19-11-9-16-28(43)34(48)42-18-10-8-15-26(42)31(45)38-25(21-24-13-6-5-7-14-24)33(47)41-20-12-17-27(41)32(46)40-37/h5-7,13-14,22-23,25-29H,4,8-12,15-21,36-37H2,1-3H3,(H,38,45)(H,39,44)(H,40,46)/t22?,23-,25-,26+,27+,28-,29+/m1/s1. The average Bonchev–Trinajstić information content (AvgIpc) is 3.62. The fourth-order valence-electron chi connectivity index (χ4n) is 7.18. The molecule has 3 fully saturated rings. The predicted octanol–water partition coefficient (Wildman–Crippen LogP) is 0.335. The minimum Gasteiger partial charge on any atom is -0.343 e. The predicted molar refractivity (Wildman–Crippen MR) is 183 cm³/mol. The Morgan fingerprint density at radius 2 is 1.33 bits per heavy atom. The molecule has 14 nitrogen and oxygen atoms in total. The molecule has 0 aliphatic carbocycles. The van der Waals surface area contributed by atoms with E-state index in [1.54, 1.807) is 16.7 Å². The zero-order valence-corrected chi connectivity index (χ0v) is 29.1. The van der Waals surface area contributed by atoms with Crippen molar-refractivity contribution in [1.29, 1.82) is 0 Å². The van der Waals surface area contributed by atoms with Crippen LogP contribution in [-0.2, 0) is 35.2 Å². The van der Waals surface area contributed by atoms with Crippen LogP contribution in [0.3, 0.4) is 0 Å². The highest BCUT2D eigenvalue weighted by Gasteiger charge is 2.44. The SMILES string of the molecule is CCC(C)[C@H](NC(=O)[C@@H](C)N)C(=O)N1CCCC[C@@H]1C(=O)N1CCCC[C@H]1C(=O)N[C@H](Cc1ccccc1)C(=O)N1CCC[C@H]1C(=O)NN. The summed E-state index contributed by atoms with van der Waals surface area (Å²) in [4.78, 5) is 86.1. The van der Waals surface area contributed by atoms with Crippen LogP contribution in [-0.4, -0.2) is 106 Å². The van der Waals surface area contributed by atoms with Gasteiger partial charge < -0.3 is 31.1 Å². The van der Waals surface area contributed by atoms with Crippen molar-refractivity contribution < 1.29 is 28.8 Å². The monoisotopic (exact) mass is 682 g/mol. The van der Waals surface area contributed by atoms with E-state index in [9.17, 15) is 28.8 Å². The molecule has 3 saturated heterocycles. The maximum absolute atomic E-state index is 14.4. The Morgan fingerprint density at radius 1 is 0.755 bits per heavy atom. The lowest BCUT2D eigenvalue weighted by Gasteiger charge is -2.43. The second-order valence-electron chi connectivity index (χ2n) is 13.7. The Labute approximate surface area is 289 Å². The van der Waals surface area contributed by atoms with E-state index in [2.05, 4.69) is 16.1 Å². The lowest BCUT2D eigenvalue weighted by atomic mass is 9.92. The first-order valence-electron chi connectivity index (χ1n) is 17.8. The van der Waals surface area contributed by atoms with Gasteiger partial charge in [-0.15, -0.1) is 0 Å². The van der Waals surface area contributed by atoms with Crippen molar-refractivity contribution in [2.24, 2.45) is 17.5 Å². The van der Waals surface area contributed by atoms with E-state index in [0.29, 0.717) is 58.2 Å². The summed E-state index contributed by atoms with van der Waals surface area (Å²) in [5.74, 6) is 2.86. The van der Waals surface area contributed by atoms with E-state index in [1.165, 1.54) is 4.90 Å². The lowest BCUT2D eigenvalue weighted by Crippen LogP contribution is -2.63. The molecule has 4 rings (SSSR count). The van der Waals surface area contributed by atoms with Gasteiger partial charge >= 0.3 is 0 Å². The summed E-state index contributed by atoms with van der Waals surface area (Å²) in [5, 5.41) is 5.76. The number of hydrogen-bond donors (Lipinski definition) is 5. The van der Waals surface area contributed by atoms with Crippen LogP contribution >= 0.6 is 0 Å². The zero-order chi connectivity index (χ0) is 35.7. The summed E-state index contributed by atoms with van der Waals surface area (Å²) < 4.78 is 0. The summed E-state index contributed by atoms with van der Waals surface area (Å²) in [6.45, 7) is 6.44. The highest BCUT2D eigenvalue weighted by molar-refractivity contribution is 5.97. The van der Waals surface area contributed by atoms with Gasteiger partial charge in [-0.1, -0.05) is 50.6 Å². The third kappa shape index (κ3) is 9.15. The first-order valence-corrected chi connectivity index (χ1v) is 17.8. The molecule has 0 bridgehead atoms. The van der Waals surface area contributed by atoms with E-state index < -0.39 is 54.0 Å². The number of nitrogens with zero attached hydrogens (tertiary/aromatic N) is 3. The highest BCUT2D eigenvalue weighted by Crippen LogP contribution is 2.27. The van der Waals surface area contributed by atoms with Gasteiger partial charge in [-0.05, 0) is 69.8 Å². The van der Waals surface area contributed by atoms with Gasteiger partial charge in [0.1, 0.15) is 30.2 Å². The zero-order valence-electron chi connectivity index (χ0n) is 29.1. The Morgan fingerprint density at radius 3 is 1.96 bits per heavy atom. The Bertz CT molecular complexity index is 1340. The fraction of sp³-hybridized carbons (Fsp3) is 0.657. The quantitative estimate of drug-likeness (QED) is 0.118. The molecule has 3 heterocycles. The molecule has 14 heteroatoms. The van der Waals surface area contributed by atoms with Crippen LogP contribution in [0.25, 0.3) is 0 Å². The van der Waals surface area contributed by atoms with E-state index >= 15 is 0 Å². The summed E-state index contributed by atoms with van der Waals surface area (Å²) in [6, 6.07) is 4.36. The van der Waals surface area contributed by atoms with Crippen LogP contribution in [0.2, 0.25) is 0 Å². The van der Waals surface area contributed by atoms with Crippen LogP contribution in [0.1, 0.15) is 84.1 Å². The van der Waals surface area contributed by atoms with Crippen molar-refractivity contribution in [1.82, 2.24) is 30.8 Å². The molecule has 49 heavy (non-hydrogen) atoms. The van der Waals surface area contributed by atoms with Crippen molar-refractivity contribution >= 4 is 35.4 Å². The van der Waals surface area contributed by atoms with Crippen molar-refractivity contribution in [2.75, 3.05) is 19.6 Å². The van der Waals surface area contributed by atoms with Crippen LogP contribution < -0.4 is 27.6 Å². The molecule has 6 amide bonds. The van der Waals surface area contributed by atoms with Crippen molar-refractivity contribution in [3.63, 3.8) is 0 Å². The molecule has 0 spiro atoms. The van der Waals surface area contributed by atoms with E-state index in [0.717, 1.165) is 24.8 Å². The smallest absolute Gasteiger partial charge is 0.256 e. The van der Waals surface area contributed by atoms with Gasteiger partial charge in [0.15, 0.2) is 0 Å². The van der Waals surface area contributed by atoms with E-state index in [1.807, 2.05) is 44.2 Å². The molecule has 270 valence electrons. The molecule has 7 atom stereocenters. The van der Waals surface area contributed by atoms with Gasteiger partial charge in [0.2, 0.25) is 29.5 Å². The molecule has 7 N–H and O–H groups in total. The number of hydrogen-bond acceptors (Lipinski definition) is 8. The molecular weight excluding hydrogens is 628 g/mol. The molecular formula is C35H54N8O6. The maximum Gasteiger partial charge on any atom is 0.256 e. The summed E-state index contributed by atoms with van der Waals surface area (Å²) in [7, 11) is 0. The second kappa shape index (κ2) is 17.6. The Kier molecular flexibility index (Phi) is 13.5. The first-order chi connectivity index (χ1) is 23.5. The second-order valence-corrected chi connectivity index (χ2v) is 13.7. The average molecular weight is 683 g/mol. The maximum atomic E-state index is 14.4.